The number of hydrogen-bond donors (Lipinski definition) is 0. The minimum absolute atomic E-state index is 0.0585. The van der Waals surface area contributed by atoms with Crippen LogP contribution in [-0.2, 0) is 14.8 Å². The Bertz CT molecular complexity index is 750. The second-order valence-electron chi connectivity index (χ2n) is 6.59. The van der Waals surface area contributed by atoms with Gasteiger partial charge in [0.1, 0.15) is 6.54 Å². The minimum Gasteiger partial charge on any atom is -0.335 e. The standard InChI is InChI=1S/C17H23N3O3S/c1-13-8-10-15(11-9-13)24(22,23)18-17-19(2)12-16(21)20(17)14-6-4-3-5-7-14/h8-11,14H,3-7,12H2,1-2H3. The van der Waals surface area contributed by atoms with Crippen molar-refractivity contribution >= 4 is 21.9 Å². The van der Waals surface area contributed by atoms with E-state index in [-0.39, 0.29) is 29.3 Å². The van der Waals surface area contributed by atoms with Crippen LogP contribution >= 0.6 is 0 Å². The zero-order valence-corrected chi connectivity index (χ0v) is 14.9. The zero-order chi connectivity index (χ0) is 17.3. The highest BCUT2D eigenvalue weighted by Crippen LogP contribution is 2.27. The molecule has 0 atom stereocenters. The van der Waals surface area contributed by atoms with Crippen molar-refractivity contribution in [2.24, 2.45) is 4.40 Å². The van der Waals surface area contributed by atoms with Crippen molar-refractivity contribution in [1.82, 2.24) is 9.80 Å². The number of guanidine groups is 1. The minimum atomic E-state index is -3.84. The fourth-order valence-corrected chi connectivity index (χ4v) is 4.36. The van der Waals surface area contributed by atoms with Crippen molar-refractivity contribution in [3.8, 4) is 0 Å². The van der Waals surface area contributed by atoms with Gasteiger partial charge in [-0.2, -0.15) is 8.42 Å². The Kier molecular flexibility index (Phi) is 4.62. The second kappa shape index (κ2) is 6.55. The van der Waals surface area contributed by atoms with Crippen molar-refractivity contribution in [1.29, 1.82) is 0 Å². The van der Waals surface area contributed by atoms with Crippen LogP contribution in [0.15, 0.2) is 33.6 Å². The summed E-state index contributed by atoms with van der Waals surface area (Å²) >= 11 is 0. The third-order valence-electron chi connectivity index (χ3n) is 4.66. The molecule has 1 saturated heterocycles. The zero-order valence-electron chi connectivity index (χ0n) is 14.1. The van der Waals surface area contributed by atoms with Crippen LogP contribution in [0.1, 0.15) is 37.7 Å². The summed E-state index contributed by atoms with van der Waals surface area (Å²) in [6, 6.07) is 6.65. The Hall–Kier alpha value is -1.89. The van der Waals surface area contributed by atoms with E-state index >= 15 is 0 Å². The molecule has 0 aromatic heterocycles. The number of aryl methyl sites for hydroxylation is 1. The summed E-state index contributed by atoms with van der Waals surface area (Å²) < 4.78 is 29.3. The Balaban J connectivity index is 1.95. The predicted octanol–water partition coefficient (Wildman–Crippen LogP) is 2.15. The number of carbonyl (C=O) groups excluding carboxylic acids is 1. The van der Waals surface area contributed by atoms with E-state index in [0.717, 1.165) is 31.2 Å². The first kappa shape index (κ1) is 17.0. The van der Waals surface area contributed by atoms with Crippen LogP contribution in [0.2, 0.25) is 0 Å². The van der Waals surface area contributed by atoms with Gasteiger partial charge in [0.25, 0.3) is 10.0 Å². The van der Waals surface area contributed by atoms with Crippen LogP contribution < -0.4 is 0 Å². The third kappa shape index (κ3) is 3.31. The molecule has 1 aromatic rings. The fraction of sp³-hybridized carbons (Fsp3) is 0.529. The maximum Gasteiger partial charge on any atom is 0.285 e. The summed E-state index contributed by atoms with van der Waals surface area (Å²) in [4.78, 5) is 15.7. The van der Waals surface area contributed by atoms with E-state index in [1.54, 1.807) is 41.1 Å². The van der Waals surface area contributed by atoms with Gasteiger partial charge in [0.15, 0.2) is 0 Å². The first-order valence-electron chi connectivity index (χ1n) is 8.33. The lowest BCUT2D eigenvalue weighted by Crippen LogP contribution is -2.43. The first-order valence-corrected chi connectivity index (χ1v) is 9.77. The quantitative estimate of drug-likeness (QED) is 0.838. The van der Waals surface area contributed by atoms with Gasteiger partial charge >= 0.3 is 0 Å². The van der Waals surface area contributed by atoms with E-state index in [4.69, 9.17) is 0 Å². The largest absolute Gasteiger partial charge is 0.335 e. The van der Waals surface area contributed by atoms with Crippen LogP contribution in [0.25, 0.3) is 0 Å². The molecule has 1 saturated carbocycles. The highest BCUT2D eigenvalue weighted by atomic mass is 32.2. The number of rotatable bonds is 3. The number of nitrogens with zero attached hydrogens (tertiary/aromatic N) is 3. The molecular formula is C17H23N3O3S. The summed E-state index contributed by atoms with van der Waals surface area (Å²) in [5, 5.41) is 0. The maximum atomic E-state index is 12.6. The molecule has 1 aromatic carbocycles. The molecule has 130 valence electrons. The van der Waals surface area contributed by atoms with Gasteiger partial charge in [-0.25, -0.2) is 0 Å². The van der Waals surface area contributed by atoms with E-state index in [1.807, 2.05) is 6.92 Å². The Morgan fingerprint density at radius 3 is 2.33 bits per heavy atom. The van der Waals surface area contributed by atoms with E-state index in [2.05, 4.69) is 4.40 Å². The van der Waals surface area contributed by atoms with Crippen LogP contribution in [0, 0.1) is 6.92 Å². The normalized spacial score (nSPS) is 21.8. The molecule has 3 rings (SSSR count). The van der Waals surface area contributed by atoms with E-state index in [0.29, 0.717) is 0 Å². The smallest absolute Gasteiger partial charge is 0.285 e. The van der Waals surface area contributed by atoms with Crippen molar-refractivity contribution in [2.75, 3.05) is 13.6 Å². The van der Waals surface area contributed by atoms with Gasteiger partial charge in [-0.1, -0.05) is 37.0 Å². The predicted molar refractivity (Wildman–Crippen MR) is 92.1 cm³/mol. The first-order chi connectivity index (χ1) is 11.4. The fourth-order valence-electron chi connectivity index (χ4n) is 3.34. The number of hydrogen-bond acceptors (Lipinski definition) is 3. The summed E-state index contributed by atoms with van der Waals surface area (Å²) in [5.74, 6) is 0.190. The molecular weight excluding hydrogens is 326 g/mol. The second-order valence-corrected chi connectivity index (χ2v) is 8.20. The van der Waals surface area contributed by atoms with Crippen LogP contribution in [0.5, 0.6) is 0 Å². The van der Waals surface area contributed by atoms with Gasteiger partial charge in [-0.3, -0.25) is 9.69 Å². The van der Waals surface area contributed by atoms with Crippen molar-refractivity contribution in [3.63, 3.8) is 0 Å². The van der Waals surface area contributed by atoms with Crippen LogP contribution in [-0.4, -0.2) is 49.7 Å². The van der Waals surface area contributed by atoms with E-state index in [1.165, 1.54) is 6.42 Å². The molecule has 0 radical (unpaired) electrons. The number of benzene rings is 1. The van der Waals surface area contributed by atoms with Gasteiger partial charge in [0.05, 0.1) is 4.90 Å². The Morgan fingerprint density at radius 1 is 1.08 bits per heavy atom. The number of likely N-dealkylation sites (N-methyl/N-ethyl adjacent to an activating group) is 1. The van der Waals surface area contributed by atoms with Crippen LogP contribution in [0.3, 0.4) is 0 Å². The van der Waals surface area contributed by atoms with Gasteiger partial charge in [0.2, 0.25) is 11.9 Å². The molecule has 6 nitrogen and oxygen atoms in total. The molecule has 1 heterocycles. The topological polar surface area (TPSA) is 70.0 Å². The van der Waals surface area contributed by atoms with Crippen molar-refractivity contribution < 1.29 is 13.2 Å². The summed E-state index contributed by atoms with van der Waals surface area (Å²) in [6.45, 7) is 2.08. The average molecular weight is 349 g/mol. The molecule has 1 aliphatic carbocycles. The molecule has 7 heteroatoms. The van der Waals surface area contributed by atoms with Crippen LogP contribution in [0.4, 0.5) is 0 Å². The molecule has 0 spiro atoms. The van der Waals surface area contributed by atoms with Gasteiger partial charge in [-0.15, -0.1) is 4.40 Å². The molecule has 0 N–H and O–H groups in total. The number of sulfonamides is 1. The lowest BCUT2D eigenvalue weighted by atomic mass is 9.94. The molecule has 2 fully saturated rings. The summed E-state index contributed by atoms with van der Waals surface area (Å²) in [7, 11) is -2.12. The van der Waals surface area contributed by atoms with E-state index in [9.17, 15) is 13.2 Å². The highest BCUT2D eigenvalue weighted by Gasteiger charge is 2.38. The number of amides is 1. The summed E-state index contributed by atoms with van der Waals surface area (Å²) in [6.07, 6.45) is 5.11. The number of carbonyl (C=O) groups is 1. The molecule has 2 aliphatic rings. The van der Waals surface area contributed by atoms with Gasteiger partial charge in [0, 0.05) is 13.1 Å². The highest BCUT2D eigenvalue weighted by molar-refractivity contribution is 7.90. The maximum absolute atomic E-state index is 12.6. The average Bonchev–Trinajstić information content (AvgIpc) is 2.82. The molecule has 0 bridgehead atoms. The lowest BCUT2D eigenvalue weighted by Gasteiger charge is -2.31. The Labute approximate surface area is 143 Å². The lowest BCUT2D eigenvalue weighted by molar-refractivity contribution is -0.126. The van der Waals surface area contributed by atoms with Crippen molar-refractivity contribution in [3.05, 3.63) is 29.8 Å². The SMILES string of the molecule is Cc1ccc(S(=O)(=O)N=C2N(C)CC(=O)N2C2CCCCC2)cc1. The monoisotopic (exact) mass is 349 g/mol. The molecule has 0 unspecified atom stereocenters. The van der Waals surface area contributed by atoms with Gasteiger partial charge in [-0.05, 0) is 31.9 Å². The molecule has 24 heavy (non-hydrogen) atoms. The van der Waals surface area contributed by atoms with Gasteiger partial charge < -0.3 is 4.90 Å². The van der Waals surface area contributed by atoms with E-state index < -0.39 is 10.0 Å². The van der Waals surface area contributed by atoms with Crippen molar-refractivity contribution in [2.45, 2.75) is 50.0 Å². The third-order valence-corrected chi connectivity index (χ3v) is 5.93. The summed E-state index contributed by atoms with van der Waals surface area (Å²) in [5.41, 5.74) is 0.985. The Morgan fingerprint density at radius 2 is 1.71 bits per heavy atom. The molecule has 1 aliphatic heterocycles. The molecule has 1 amide bonds.